The van der Waals surface area contributed by atoms with Crippen LogP contribution >= 0.6 is 11.6 Å². The molecule has 136 valence electrons. The maximum absolute atomic E-state index is 13.6. The summed E-state index contributed by atoms with van der Waals surface area (Å²) in [7, 11) is 0. The molecule has 2 atom stereocenters. The molecule has 0 amide bonds. The molecule has 2 aromatic rings. The quantitative estimate of drug-likeness (QED) is 0.767. The number of H-pyrrole nitrogens is 1. The summed E-state index contributed by atoms with van der Waals surface area (Å²) in [6.45, 7) is 1.85. The summed E-state index contributed by atoms with van der Waals surface area (Å²) in [5.41, 5.74) is 0.825. The van der Waals surface area contributed by atoms with Gasteiger partial charge in [0, 0.05) is 29.1 Å². The summed E-state index contributed by atoms with van der Waals surface area (Å²) in [5, 5.41) is 0.607. The van der Waals surface area contributed by atoms with Crippen LogP contribution in [0.25, 0.3) is 10.9 Å². The van der Waals surface area contributed by atoms with Crippen LogP contribution in [0.5, 0.6) is 0 Å². The third-order valence-electron chi connectivity index (χ3n) is 4.74. The Morgan fingerprint density at radius 2 is 1.84 bits per heavy atom. The number of anilines is 1. The highest BCUT2D eigenvalue weighted by Gasteiger charge is 2.59. The van der Waals surface area contributed by atoms with Crippen LogP contribution in [0, 0.1) is 0 Å². The number of benzene rings is 1. The van der Waals surface area contributed by atoms with Gasteiger partial charge in [-0.1, -0.05) is 18.5 Å². The summed E-state index contributed by atoms with van der Waals surface area (Å²) in [6, 6.07) is 3.48. The van der Waals surface area contributed by atoms with Crippen LogP contribution in [0.15, 0.2) is 23.0 Å². The van der Waals surface area contributed by atoms with E-state index in [-0.39, 0.29) is 16.6 Å². The van der Waals surface area contributed by atoms with E-state index in [4.69, 9.17) is 11.6 Å². The number of hydrogen-bond donors (Lipinski definition) is 1. The molecule has 1 aromatic heterocycles. The van der Waals surface area contributed by atoms with Crippen LogP contribution < -0.4 is 10.5 Å². The number of nitrogens with one attached hydrogen (secondary N) is 1. The zero-order chi connectivity index (χ0) is 18.7. The minimum absolute atomic E-state index is 0.138. The summed E-state index contributed by atoms with van der Waals surface area (Å²) in [6.07, 6.45) is -5.63. The van der Waals surface area contributed by atoms with Crippen molar-refractivity contribution in [3.05, 3.63) is 39.1 Å². The molecule has 0 saturated carbocycles. The van der Waals surface area contributed by atoms with E-state index in [2.05, 4.69) is 4.98 Å². The molecule has 0 aliphatic carbocycles. The van der Waals surface area contributed by atoms with Crippen molar-refractivity contribution in [1.82, 2.24) is 4.98 Å². The number of pyridine rings is 1. The molecule has 0 radical (unpaired) electrons. The van der Waals surface area contributed by atoms with E-state index in [1.807, 2.05) is 0 Å². The van der Waals surface area contributed by atoms with E-state index in [0.717, 1.165) is 11.0 Å². The number of rotatable bonds is 2. The number of fused-ring (bicyclic) bond motifs is 3. The normalized spacial score (nSPS) is 21.0. The van der Waals surface area contributed by atoms with E-state index < -0.39 is 30.2 Å². The zero-order valence-corrected chi connectivity index (χ0v) is 14.0. The van der Waals surface area contributed by atoms with E-state index in [1.54, 1.807) is 13.8 Å². The summed E-state index contributed by atoms with van der Waals surface area (Å²) < 4.78 is 65.0. The lowest BCUT2D eigenvalue weighted by Crippen LogP contribution is -2.49. The Labute approximate surface area is 144 Å². The van der Waals surface area contributed by atoms with Crippen molar-refractivity contribution >= 4 is 28.2 Å². The van der Waals surface area contributed by atoms with E-state index in [9.17, 15) is 26.7 Å². The summed E-state index contributed by atoms with van der Waals surface area (Å²) in [4.78, 5) is 15.2. The van der Waals surface area contributed by atoms with Gasteiger partial charge in [-0.25, -0.2) is 0 Å². The van der Waals surface area contributed by atoms with Gasteiger partial charge in [0.1, 0.15) is 0 Å². The molecular formula is C16H14ClF5N2O. The largest absolute Gasteiger partial charge is 0.455 e. The molecule has 0 bridgehead atoms. The third-order valence-corrected chi connectivity index (χ3v) is 5.04. The first-order chi connectivity index (χ1) is 11.4. The first-order valence-electron chi connectivity index (χ1n) is 7.50. The average Bonchev–Trinajstić information content (AvgIpc) is 2.70. The standard InChI is InChI=1S/C16H14ClF5N2O/c1-7-8(2)24(6-15(18,19)16(20,21)22)11-4-3-10-14(13(7)11)9(17)5-12(25)23-10/h3-5,7-8H,6H2,1-2H3,(H,23,25). The molecule has 25 heavy (non-hydrogen) atoms. The van der Waals surface area contributed by atoms with Gasteiger partial charge in [0.2, 0.25) is 5.56 Å². The number of halogens is 6. The molecule has 0 spiro atoms. The van der Waals surface area contributed by atoms with Crippen LogP contribution in [-0.4, -0.2) is 29.7 Å². The molecule has 2 unspecified atom stereocenters. The van der Waals surface area contributed by atoms with Gasteiger partial charge in [-0.3, -0.25) is 4.79 Å². The SMILES string of the molecule is CC1c2c(ccc3[nH]c(=O)cc(Cl)c23)N(CC(F)(F)C(F)(F)F)C1C. The molecular weight excluding hydrogens is 367 g/mol. The lowest BCUT2D eigenvalue weighted by molar-refractivity contribution is -0.277. The fourth-order valence-corrected chi connectivity index (χ4v) is 3.60. The number of alkyl halides is 5. The smallest absolute Gasteiger partial charge is 0.362 e. The molecule has 3 rings (SSSR count). The Kier molecular flexibility index (Phi) is 4.02. The van der Waals surface area contributed by atoms with Gasteiger partial charge in [-0.15, -0.1) is 0 Å². The second-order valence-electron chi connectivity index (χ2n) is 6.26. The Morgan fingerprint density at radius 1 is 1.20 bits per heavy atom. The maximum Gasteiger partial charge on any atom is 0.455 e. The predicted octanol–water partition coefficient (Wildman–Crippen LogP) is 4.69. The Morgan fingerprint density at radius 3 is 2.44 bits per heavy atom. The monoisotopic (exact) mass is 380 g/mol. The van der Waals surface area contributed by atoms with Crippen LogP contribution in [0.3, 0.4) is 0 Å². The first-order valence-corrected chi connectivity index (χ1v) is 7.88. The van der Waals surface area contributed by atoms with Crippen molar-refractivity contribution in [2.45, 2.75) is 37.9 Å². The van der Waals surface area contributed by atoms with Crippen LogP contribution in [-0.2, 0) is 0 Å². The fraction of sp³-hybridized carbons (Fsp3) is 0.438. The lowest BCUT2D eigenvalue weighted by atomic mass is 9.94. The van der Waals surface area contributed by atoms with Gasteiger partial charge >= 0.3 is 12.1 Å². The topological polar surface area (TPSA) is 36.1 Å². The summed E-state index contributed by atoms with van der Waals surface area (Å²) in [5.74, 6) is -5.18. The molecule has 1 aromatic carbocycles. The molecule has 1 aliphatic heterocycles. The number of aromatic amines is 1. The van der Waals surface area contributed by atoms with Gasteiger partial charge in [-0.05, 0) is 24.6 Å². The van der Waals surface area contributed by atoms with Crippen molar-refractivity contribution in [3.63, 3.8) is 0 Å². The second kappa shape index (κ2) is 5.59. The highest BCUT2D eigenvalue weighted by atomic mass is 35.5. The molecule has 2 heterocycles. The van der Waals surface area contributed by atoms with E-state index in [0.29, 0.717) is 16.5 Å². The van der Waals surface area contributed by atoms with Crippen molar-refractivity contribution < 1.29 is 22.0 Å². The van der Waals surface area contributed by atoms with Gasteiger partial charge in [-0.2, -0.15) is 22.0 Å². The van der Waals surface area contributed by atoms with Crippen molar-refractivity contribution in [1.29, 1.82) is 0 Å². The molecule has 1 aliphatic rings. The van der Waals surface area contributed by atoms with Gasteiger partial charge in [0.15, 0.2) is 0 Å². The highest BCUT2D eigenvalue weighted by molar-refractivity contribution is 6.35. The Balaban J connectivity index is 2.17. The highest BCUT2D eigenvalue weighted by Crippen LogP contribution is 2.48. The van der Waals surface area contributed by atoms with Gasteiger partial charge < -0.3 is 9.88 Å². The number of aromatic nitrogens is 1. The molecule has 1 N–H and O–H groups in total. The Hall–Kier alpha value is -1.83. The number of nitrogens with zero attached hydrogens (tertiary/aromatic N) is 1. The molecule has 0 fully saturated rings. The average molecular weight is 381 g/mol. The van der Waals surface area contributed by atoms with Crippen molar-refractivity contribution in [2.24, 2.45) is 0 Å². The first kappa shape index (κ1) is 18.0. The van der Waals surface area contributed by atoms with Crippen molar-refractivity contribution in [2.75, 3.05) is 11.4 Å². The fourth-order valence-electron chi connectivity index (χ4n) is 3.30. The Bertz CT molecular complexity index is 892. The minimum atomic E-state index is -5.63. The van der Waals surface area contributed by atoms with E-state index in [1.165, 1.54) is 12.1 Å². The van der Waals surface area contributed by atoms with Crippen LogP contribution in [0.1, 0.15) is 25.3 Å². The van der Waals surface area contributed by atoms with Crippen molar-refractivity contribution in [3.8, 4) is 0 Å². The lowest BCUT2D eigenvalue weighted by Gasteiger charge is -2.31. The van der Waals surface area contributed by atoms with Crippen LogP contribution in [0.4, 0.5) is 27.6 Å². The number of hydrogen-bond acceptors (Lipinski definition) is 2. The minimum Gasteiger partial charge on any atom is -0.362 e. The van der Waals surface area contributed by atoms with Gasteiger partial charge in [0.25, 0.3) is 0 Å². The zero-order valence-electron chi connectivity index (χ0n) is 13.2. The third kappa shape index (κ3) is 2.76. The maximum atomic E-state index is 13.6. The predicted molar refractivity (Wildman–Crippen MR) is 85.8 cm³/mol. The molecule has 3 nitrogen and oxygen atoms in total. The summed E-state index contributed by atoms with van der Waals surface area (Å²) >= 11 is 6.15. The van der Waals surface area contributed by atoms with Crippen LogP contribution in [0.2, 0.25) is 5.02 Å². The molecule has 0 saturated heterocycles. The molecule has 9 heteroatoms. The van der Waals surface area contributed by atoms with E-state index >= 15 is 0 Å². The van der Waals surface area contributed by atoms with Gasteiger partial charge in [0.05, 0.1) is 17.1 Å². The second-order valence-corrected chi connectivity index (χ2v) is 6.67.